The fraction of sp³-hybridized carbons (Fsp3) is 1.00. The van der Waals surface area contributed by atoms with Crippen molar-refractivity contribution in [1.29, 1.82) is 0 Å². The topological polar surface area (TPSA) is 12.5 Å². The highest BCUT2D eigenvalue weighted by Gasteiger charge is 2.59. The number of nitrogens with zero attached hydrogens (tertiary/aromatic N) is 1. The quantitative estimate of drug-likeness (QED) is 0.677. The van der Waals surface area contributed by atoms with Crippen LogP contribution in [-0.2, 0) is 4.74 Å². The van der Waals surface area contributed by atoms with Crippen LogP contribution in [0.1, 0.15) is 84.0 Å². The second kappa shape index (κ2) is 6.82. The van der Waals surface area contributed by atoms with Crippen molar-refractivity contribution in [2.24, 2.45) is 29.6 Å². The lowest BCUT2D eigenvalue weighted by Crippen LogP contribution is -2.50. The molecule has 0 spiro atoms. The van der Waals surface area contributed by atoms with Crippen molar-refractivity contribution in [2.45, 2.75) is 108 Å². The Labute approximate surface area is 155 Å². The van der Waals surface area contributed by atoms with Gasteiger partial charge in [-0.3, -0.25) is 4.90 Å². The maximum Gasteiger partial charge on any atom is 0.0572 e. The summed E-state index contributed by atoms with van der Waals surface area (Å²) in [5.74, 6) is 5.22. The molecule has 0 aromatic rings. The minimum absolute atomic E-state index is 0.544. The third-order valence-electron chi connectivity index (χ3n) is 9.22. The molecule has 0 N–H and O–H groups in total. The molecule has 5 aliphatic rings. The van der Waals surface area contributed by atoms with Crippen LogP contribution in [0, 0.1) is 29.6 Å². The van der Waals surface area contributed by atoms with Gasteiger partial charge in [-0.05, 0) is 87.4 Å². The van der Waals surface area contributed by atoms with Crippen molar-refractivity contribution in [3.63, 3.8) is 0 Å². The first kappa shape index (κ1) is 17.0. The van der Waals surface area contributed by atoms with Crippen molar-refractivity contribution >= 4 is 0 Å². The van der Waals surface area contributed by atoms with E-state index in [1.807, 2.05) is 7.11 Å². The van der Waals surface area contributed by atoms with Gasteiger partial charge in [0.1, 0.15) is 0 Å². The first-order valence-corrected chi connectivity index (χ1v) is 11.6. The van der Waals surface area contributed by atoms with E-state index in [-0.39, 0.29) is 0 Å². The fourth-order valence-electron chi connectivity index (χ4n) is 8.21. The van der Waals surface area contributed by atoms with Gasteiger partial charge in [-0.25, -0.2) is 0 Å². The molecule has 1 aliphatic heterocycles. The summed E-state index contributed by atoms with van der Waals surface area (Å²) in [6.45, 7) is 2.53. The highest BCUT2D eigenvalue weighted by molar-refractivity contribution is 5.11. The van der Waals surface area contributed by atoms with Crippen LogP contribution in [0.4, 0.5) is 0 Å². The predicted molar refractivity (Wildman–Crippen MR) is 103 cm³/mol. The van der Waals surface area contributed by atoms with Crippen molar-refractivity contribution in [1.82, 2.24) is 4.90 Å². The summed E-state index contributed by atoms with van der Waals surface area (Å²) in [5, 5.41) is 0. The van der Waals surface area contributed by atoms with Gasteiger partial charge in [-0.2, -0.15) is 0 Å². The molecule has 2 heteroatoms. The average Bonchev–Trinajstić information content (AvgIpc) is 3.16. The lowest BCUT2D eigenvalue weighted by Gasteiger charge is -2.46. The predicted octanol–water partition coefficient (Wildman–Crippen LogP) is 5.26. The minimum atomic E-state index is 0.544. The van der Waals surface area contributed by atoms with E-state index in [4.69, 9.17) is 4.74 Å². The molecule has 4 aliphatic carbocycles. The van der Waals surface area contributed by atoms with Gasteiger partial charge in [-0.1, -0.05) is 26.2 Å². The van der Waals surface area contributed by atoms with Gasteiger partial charge in [0.15, 0.2) is 0 Å². The SMILES string of the molecule is COC1CCC(N2C3CCC(C)CC3C3CC4CCCCC4C32)CC1. The van der Waals surface area contributed by atoms with Gasteiger partial charge in [0.2, 0.25) is 0 Å². The Bertz CT molecular complexity index is 471. The molecule has 5 rings (SSSR count). The summed E-state index contributed by atoms with van der Waals surface area (Å²) in [6.07, 6.45) is 18.2. The molecule has 25 heavy (non-hydrogen) atoms. The monoisotopic (exact) mass is 345 g/mol. The highest BCUT2D eigenvalue weighted by Crippen LogP contribution is 2.59. The summed E-state index contributed by atoms with van der Waals surface area (Å²) in [7, 11) is 1.92. The highest BCUT2D eigenvalue weighted by atomic mass is 16.5. The zero-order valence-electron chi connectivity index (χ0n) is 16.5. The molecule has 0 bridgehead atoms. The number of hydrogen-bond donors (Lipinski definition) is 0. The molecular formula is C23H39NO. The molecule has 0 aromatic carbocycles. The molecule has 7 atom stereocenters. The Kier molecular flexibility index (Phi) is 4.65. The third-order valence-corrected chi connectivity index (χ3v) is 9.22. The van der Waals surface area contributed by atoms with Crippen LogP contribution in [-0.4, -0.2) is 36.2 Å². The molecule has 0 amide bonds. The van der Waals surface area contributed by atoms with Gasteiger partial charge in [-0.15, -0.1) is 0 Å². The van der Waals surface area contributed by atoms with Crippen LogP contribution in [0.2, 0.25) is 0 Å². The normalized spacial score (nSPS) is 53.3. The first-order valence-electron chi connectivity index (χ1n) is 11.6. The van der Waals surface area contributed by atoms with Crippen molar-refractivity contribution in [2.75, 3.05) is 7.11 Å². The second-order valence-corrected chi connectivity index (χ2v) is 10.4. The Morgan fingerprint density at radius 1 is 0.760 bits per heavy atom. The van der Waals surface area contributed by atoms with Crippen LogP contribution in [0.3, 0.4) is 0 Å². The molecular weight excluding hydrogens is 306 g/mol. The standard InChI is InChI=1S/C23H39NO/c1-15-7-12-22-20(13-15)21-14-16-5-3-4-6-19(16)23(21)24(22)17-8-10-18(25-2)11-9-17/h15-23H,3-14H2,1-2H3. The molecule has 4 saturated carbocycles. The molecule has 1 saturated heterocycles. The lowest BCUT2D eigenvalue weighted by molar-refractivity contribution is -0.000798. The number of likely N-dealkylation sites (tertiary alicyclic amines) is 1. The number of ether oxygens (including phenoxy) is 1. The summed E-state index contributed by atoms with van der Waals surface area (Å²) < 4.78 is 5.68. The Balaban J connectivity index is 1.41. The van der Waals surface area contributed by atoms with Gasteiger partial charge in [0.05, 0.1) is 6.10 Å². The number of fused-ring (bicyclic) bond motifs is 5. The largest absolute Gasteiger partial charge is 0.381 e. The lowest BCUT2D eigenvalue weighted by atomic mass is 9.73. The molecule has 2 nitrogen and oxygen atoms in total. The van der Waals surface area contributed by atoms with Gasteiger partial charge in [0, 0.05) is 25.2 Å². The summed E-state index contributed by atoms with van der Waals surface area (Å²) in [4.78, 5) is 3.18. The van der Waals surface area contributed by atoms with Crippen molar-refractivity contribution < 1.29 is 4.74 Å². The number of methoxy groups -OCH3 is 1. The van der Waals surface area contributed by atoms with E-state index >= 15 is 0 Å². The van der Waals surface area contributed by atoms with Crippen molar-refractivity contribution in [3.05, 3.63) is 0 Å². The summed E-state index contributed by atoms with van der Waals surface area (Å²) >= 11 is 0. The Morgan fingerprint density at radius 3 is 2.36 bits per heavy atom. The van der Waals surface area contributed by atoms with Crippen molar-refractivity contribution in [3.8, 4) is 0 Å². The van der Waals surface area contributed by atoms with Gasteiger partial charge >= 0.3 is 0 Å². The molecule has 0 radical (unpaired) electrons. The molecule has 7 unspecified atom stereocenters. The van der Waals surface area contributed by atoms with Crippen LogP contribution >= 0.6 is 0 Å². The minimum Gasteiger partial charge on any atom is -0.381 e. The second-order valence-electron chi connectivity index (χ2n) is 10.4. The Hall–Kier alpha value is -0.0800. The maximum atomic E-state index is 5.68. The van der Waals surface area contributed by atoms with E-state index in [0.29, 0.717) is 6.10 Å². The van der Waals surface area contributed by atoms with E-state index in [2.05, 4.69) is 11.8 Å². The Morgan fingerprint density at radius 2 is 1.56 bits per heavy atom. The van der Waals surface area contributed by atoms with E-state index < -0.39 is 0 Å². The molecule has 1 heterocycles. The number of rotatable bonds is 2. The smallest absolute Gasteiger partial charge is 0.0572 e. The first-order chi connectivity index (χ1) is 12.3. The van der Waals surface area contributed by atoms with Crippen LogP contribution < -0.4 is 0 Å². The zero-order valence-corrected chi connectivity index (χ0v) is 16.5. The van der Waals surface area contributed by atoms with Gasteiger partial charge in [0.25, 0.3) is 0 Å². The third kappa shape index (κ3) is 2.81. The van der Waals surface area contributed by atoms with Gasteiger partial charge < -0.3 is 4.74 Å². The fourth-order valence-corrected chi connectivity index (χ4v) is 8.21. The maximum absolute atomic E-state index is 5.68. The summed E-state index contributed by atoms with van der Waals surface area (Å²) in [6, 6.07) is 2.79. The van der Waals surface area contributed by atoms with E-state index in [0.717, 1.165) is 47.7 Å². The van der Waals surface area contributed by atoms with Crippen LogP contribution in [0.15, 0.2) is 0 Å². The van der Waals surface area contributed by atoms with E-state index in [1.165, 1.54) is 57.8 Å². The molecule has 5 fully saturated rings. The van der Waals surface area contributed by atoms with E-state index in [9.17, 15) is 0 Å². The average molecular weight is 346 g/mol. The molecule has 142 valence electrons. The summed E-state index contributed by atoms with van der Waals surface area (Å²) in [5.41, 5.74) is 0. The van der Waals surface area contributed by atoms with Crippen LogP contribution in [0.25, 0.3) is 0 Å². The van der Waals surface area contributed by atoms with Crippen LogP contribution in [0.5, 0.6) is 0 Å². The number of hydrogen-bond acceptors (Lipinski definition) is 2. The zero-order chi connectivity index (χ0) is 17.0. The molecule has 0 aromatic heterocycles. The van der Waals surface area contributed by atoms with E-state index in [1.54, 1.807) is 19.3 Å².